The van der Waals surface area contributed by atoms with Crippen LogP contribution in [0.2, 0.25) is 0 Å². The van der Waals surface area contributed by atoms with Crippen LogP contribution >= 0.6 is 0 Å². The molecule has 3 rings (SSSR count). The number of anilines is 1. The molecule has 1 aliphatic rings. The first-order chi connectivity index (χ1) is 10.7. The molecular formula is C15H13N3O4. The number of hydrogen-bond donors (Lipinski definition) is 2. The molecule has 0 aliphatic carbocycles. The van der Waals surface area contributed by atoms with E-state index in [-0.39, 0.29) is 25.2 Å². The van der Waals surface area contributed by atoms with Crippen molar-refractivity contribution in [1.29, 1.82) is 0 Å². The van der Waals surface area contributed by atoms with Crippen LogP contribution in [-0.2, 0) is 4.79 Å². The molecule has 0 saturated heterocycles. The number of hydrogen-bond acceptors (Lipinski definition) is 5. The first-order valence-corrected chi connectivity index (χ1v) is 6.60. The van der Waals surface area contributed by atoms with Crippen LogP contribution in [0.3, 0.4) is 0 Å². The number of pyridine rings is 1. The van der Waals surface area contributed by atoms with Crippen LogP contribution in [-0.4, -0.2) is 30.1 Å². The maximum Gasteiger partial charge on any atom is 0.251 e. The first-order valence-electron chi connectivity index (χ1n) is 6.60. The molecule has 0 bridgehead atoms. The second-order valence-corrected chi connectivity index (χ2v) is 4.53. The van der Waals surface area contributed by atoms with Crippen molar-refractivity contribution in [3.05, 3.63) is 48.3 Å². The van der Waals surface area contributed by atoms with Crippen LogP contribution in [0.5, 0.6) is 11.5 Å². The van der Waals surface area contributed by atoms with E-state index in [0.29, 0.717) is 22.7 Å². The molecule has 2 N–H and O–H groups in total. The zero-order valence-electron chi connectivity index (χ0n) is 11.5. The number of fused-ring (bicyclic) bond motifs is 1. The van der Waals surface area contributed by atoms with Crippen molar-refractivity contribution in [1.82, 2.24) is 10.3 Å². The van der Waals surface area contributed by atoms with Crippen LogP contribution in [0.4, 0.5) is 5.69 Å². The highest BCUT2D eigenvalue weighted by Gasteiger charge is 2.14. The number of carbonyl (C=O) groups is 2. The molecule has 2 amide bonds. The Labute approximate surface area is 126 Å². The molecule has 2 heterocycles. The summed E-state index contributed by atoms with van der Waals surface area (Å²) >= 11 is 0. The van der Waals surface area contributed by atoms with Crippen molar-refractivity contribution in [2.24, 2.45) is 0 Å². The fourth-order valence-electron chi connectivity index (χ4n) is 1.95. The van der Waals surface area contributed by atoms with Crippen molar-refractivity contribution in [2.75, 3.05) is 18.7 Å². The van der Waals surface area contributed by atoms with Crippen LogP contribution < -0.4 is 20.1 Å². The summed E-state index contributed by atoms with van der Waals surface area (Å²) in [5.74, 6) is 0.562. The number of nitrogens with zero attached hydrogens (tertiary/aromatic N) is 1. The Morgan fingerprint density at radius 1 is 1.09 bits per heavy atom. The summed E-state index contributed by atoms with van der Waals surface area (Å²) in [6.45, 7) is 0.0460. The summed E-state index contributed by atoms with van der Waals surface area (Å²) in [7, 11) is 0. The summed E-state index contributed by atoms with van der Waals surface area (Å²) in [5.41, 5.74) is 1.03. The van der Waals surface area contributed by atoms with Gasteiger partial charge in [0, 0.05) is 29.7 Å². The van der Waals surface area contributed by atoms with Gasteiger partial charge in [0.25, 0.3) is 5.91 Å². The summed E-state index contributed by atoms with van der Waals surface area (Å²) in [6.07, 6.45) is 3.03. The Bertz CT molecular complexity index is 703. The van der Waals surface area contributed by atoms with E-state index in [0.717, 1.165) is 0 Å². The third-order valence-electron chi connectivity index (χ3n) is 3.01. The highest BCUT2D eigenvalue weighted by atomic mass is 16.7. The average molecular weight is 299 g/mol. The van der Waals surface area contributed by atoms with E-state index < -0.39 is 0 Å². The molecule has 0 unspecified atom stereocenters. The van der Waals surface area contributed by atoms with E-state index in [9.17, 15) is 9.59 Å². The first kappa shape index (κ1) is 13.9. The molecule has 0 saturated carbocycles. The molecule has 112 valence electrons. The third kappa shape index (κ3) is 3.14. The summed E-state index contributed by atoms with van der Waals surface area (Å²) in [6, 6.07) is 8.24. The lowest BCUT2D eigenvalue weighted by molar-refractivity contribution is -0.115. The fourth-order valence-corrected chi connectivity index (χ4v) is 1.95. The van der Waals surface area contributed by atoms with Crippen molar-refractivity contribution in [3.8, 4) is 11.5 Å². The van der Waals surface area contributed by atoms with Gasteiger partial charge >= 0.3 is 0 Å². The zero-order valence-corrected chi connectivity index (χ0v) is 11.5. The SMILES string of the molecule is O=C(CNC(=O)c1ccncc1)Nc1ccc2c(c1)OCO2. The normalized spacial score (nSPS) is 11.8. The minimum atomic E-state index is -0.332. The average Bonchev–Trinajstić information content (AvgIpc) is 3.01. The number of ether oxygens (including phenoxy) is 2. The molecular weight excluding hydrogens is 286 g/mol. The van der Waals surface area contributed by atoms with E-state index in [4.69, 9.17) is 9.47 Å². The minimum absolute atomic E-state index is 0.129. The second kappa shape index (κ2) is 6.13. The maximum absolute atomic E-state index is 11.8. The van der Waals surface area contributed by atoms with E-state index >= 15 is 0 Å². The van der Waals surface area contributed by atoms with Gasteiger partial charge in [-0.1, -0.05) is 0 Å². The van der Waals surface area contributed by atoms with Gasteiger partial charge in [-0.05, 0) is 24.3 Å². The zero-order chi connectivity index (χ0) is 15.4. The van der Waals surface area contributed by atoms with E-state index in [1.165, 1.54) is 12.4 Å². The van der Waals surface area contributed by atoms with Crippen LogP contribution in [0, 0.1) is 0 Å². The Balaban J connectivity index is 1.53. The predicted octanol–water partition coefficient (Wildman–Crippen LogP) is 1.18. The maximum atomic E-state index is 11.8. The van der Waals surface area contributed by atoms with Gasteiger partial charge in [-0.3, -0.25) is 14.6 Å². The number of nitrogens with one attached hydrogen (secondary N) is 2. The lowest BCUT2D eigenvalue weighted by atomic mass is 10.2. The summed E-state index contributed by atoms with van der Waals surface area (Å²) in [4.78, 5) is 27.5. The molecule has 0 radical (unpaired) electrons. The summed E-state index contributed by atoms with van der Waals surface area (Å²) in [5, 5.41) is 5.21. The molecule has 0 fully saturated rings. The quantitative estimate of drug-likeness (QED) is 0.885. The topological polar surface area (TPSA) is 89.6 Å². The molecule has 1 aliphatic heterocycles. The van der Waals surface area contributed by atoms with Crippen LogP contribution in [0.15, 0.2) is 42.7 Å². The highest BCUT2D eigenvalue weighted by molar-refractivity contribution is 5.99. The molecule has 7 heteroatoms. The summed E-state index contributed by atoms with van der Waals surface area (Å²) < 4.78 is 10.4. The second-order valence-electron chi connectivity index (χ2n) is 4.53. The van der Waals surface area contributed by atoms with Crippen molar-refractivity contribution in [2.45, 2.75) is 0 Å². The predicted molar refractivity (Wildman–Crippen MR) is 77.8 cm³/mol. The van der Waals surface area contributed by atoms with Crippen LogP contribution in [0.1, 0.15) is 10.4 Å². The van der Waals surface area contributed by atoms with E-state index in [2.05, 4.69) is 15.6 Å². The molecule has 2 aromatic rings. The smallest absolute Gasteiger partial charge is 0.251 e. The van der Waals surface area contributed by atoms with Gasteiger partial charge < -0.3 is 20.1 Å². The Hall–Kier alpha value is -3.09. The van der Waals surface area contributed by atoms with Crippen LogP contribution in [0.25, 0.3) is 0 Å². The van der Waals surface area contributed by atoms with Crippen molar-refractivity contribution in [3.63, 3.8) is 0 Å². The number of aromatic nitrogens is 1. The van der Waals surface area contributed by atoms with Gasteiger partial charge in [0.15, 0.2) is 11.5 Å². The van der Waals surface area contributed by atoms with Gasteiger partial charge in [0.05, 0.1) is 6.54 Å². The fraction of sp³-hybridized carbons (Fsp3) is 0.133. The monoisotopic (exact) mass is 299 g/mol. The molecule has 1 aromatic heterocycles. The molecule has 1 aromatic carbocycles. The van der Waals surface area contributed by atoms with Gasteiger partial charge in [0.2, 0.25) is 12.7 Å². The highest BCUT2D eigenvalue weighted by Crippen LogP contribution is 2.34. The lowest BCUT2D eigenvalue weighted by Crippen LogP contribution is -2.32. The van der Waals surface area contributed by atoms with Gasteiger partial charge in [-0.2, -0.15) is 0 Å². The van der Waals surface area contributed by atoms with Gasteiger partial charge in [-0.25, -0.2) is 0 Å². The number of rotatable bonds is 4. The standard InChI is InChI=1S/C15H13N3O4/c19-14(8-17-15(20)10-3-5-16-6-4-10)18-11-1-2-12-13(7-11)22-9-21-12/h1-7H,8-9H2,(H,17,20)(H,18,19). The molecule has 0 atom stereocenters. The lowest BCUT2D eigenvalue weighted by Gasteiger charge is -2.07. The number of carbonyl (C=O) groups excluding carboxylic acids is 2. The molecule has 0 spiro atoms. The van der Waals surface area contributed by atoms with E-state index in [1.807, 2.05) is 0 Å². The molecule has 22 heavy (non-hydrogen) atoms. The minimum Gasteiger partial charge on any atom is -0.454 e. The Morgan fingerprint density at radius 3 is 2.68 bits per heavy atom. The van der Waals surface area contributed by atoms with Crippen molar-refractivity contribution >= 4 is 17.5 Å². The molecule has 7 nitrogen and oxygen atoms in total. The Morgan fingerprint density at radius 2 is 1.86 bits per heavy atom. The Kier molecular flexibility index (Phi) is 3.86. The number of benzene rings is 1. The number of amides is 2. The van der Waals surface area contributed by atoms with Gasteiger partial charge in [-0.15, -0.1) is 0 Å². The largest absolute Gasteiger partial charge is 0.454 e. The third-order valence-corrected chi connectivity index (χ3v) is 3.01. The van der Waals surface area contributed by atoms with Crippen molar-refractivity contribution < 1.29 is 19.1 Å². The van der Waals surface area contributed by atoms with E-state index in [1.54, 1.807) is 30.3 Å². The van der Waals surface area contributed by atoms with Gasteiger partial charge in [0.1, 0.15) is 0 Å².